The molecular weight excluding hydrogens is 392 g/mol. The average molecular weight is 414 g/mol. The number of rotatable bonds is 7. The Kier molecular flexibility index (Phi) is 6.05. The molecule has 0 fully saturated rings. The van der Waals surface area contributed by atoms with Crippen molar-refractivity contribution < 1.29 is 22.4 Å². The van der Waals surface area contributed by atoms with E-state index in [0.29, 0.717) is 17.0 Å². The highest BCUT2D eigenvalue weighted by Gasteiger charge is 2.21. The minimum absolute atomic E-state index is 0.0930. The standard InChI is InChI=1S/C21H22N2O5S/c1-15-9-10-18(29(25,26)23(2)3)13-19(15)22-21(24)20-16(11-12-27-20)14-28-17-7-5-4-6-8-17/h4-13H,14H2,1-3H3,(H,22,24). The molecule has 1 aromatic heterocycles. The monoisotopic (exact) mass is 414 g/mol. The van der Waals surface area contributed by atoms with Crippen molar-refractivity contribution in [2.45, 2.75) is 18.4 Å². The van der Waals surface area contributed by atoms with Gasteiger partial charge in [-0.25, -0.2) is 12.7 Å². The molecule has 1 heterocycles. The van der Waals surface area contributed by atoms with Gasteiger partial charge in [0.1, 0.15) is 12.4 Å². The van der Waals surface area contributed by atoms with Crippen molar-refractivity contribution >= 4 is 21.6 Å². The van der Waals surface area contributed by atoms with Crippen LogP contribution < -0.4 is 10.1 Å². The molecule has 0 aliphatic rings. The van der Waals surface area contributed by atoms with Gasteiger partial charge < -0.3 is 14.5 Å². The number of benzene rings is 2. The normalized spacial score (nSPS) is 11.4. The van der Waals surface area contributed by atoms with E-state index in [4.69, 9.17) is 9.15 Å². The van der Waals surface area contributed by atoms with Gasteiger partial charge in [-0.1, -0.05) is 24.3 Å². The number of carbonyl (C=O) groups is 1. The molecule has 29 heavy (non-hydrogen) atoms. The first-order chi connectivity index (χ1) is 13.8. The van der Waals surface area contributed by atoms with Crippen LogP contribution in [0.25, 0.3) is 0 Å². The molecule has 0 spiro atoms. The van der Waals surface area contributed by atoms with Crippen LogP contribution >= 0.6 is 0 Å². The summed E-state index contributed by atoms with van der Waals surface area (Å²) in [5, 5.41) is 2.73. The molecule has 0 saturated heterocycles. The minimum Gasteiger partial charge on any atom is -0.489 e. The van der Waals surface area contributed by atoms with Gasteiger partial charge in [0.25, 0.3) is 5.91 Å². The quantitative estimate of drug-likeness (QED) is 0.637. The van der Waals surface area contributed by atoms with E-state index in [1.165, 1.54) is 32.5 Å². The van der Waals surface area contributed by atoms with Crippen molar-refractivity contribution in [3.8, 4) is 5.75 Å². The van der Waals surface area contributed by atoms with Gasteiger partial charge >= 0.3 is 0 Å². The fourth-order valence-electron chi connectivity index (χ4n) is 2.61. The van der Waals surface area contributed by atoms with Crippen LogP contribution in [0.4, 0.5) is 5.69 Å². The fourth-order valence-corrected chi connectivity index (χ4v) is 3.54. The van der Waals surface area contributed by atoms with Crippen LogP contribution in [0.2, 0.25) is 0 Å². The lowest BCUT2D eigenvalue weighted by Gasteiger charge is -2.14. The Morgan fingerprint density at radius 3 is 2.52 bits per heavy atom. The van der Waals surface area contributed by atoms with Crippen LogP contribution in [0.15, 0.2) is 70.2 Å². The van der Waals surface area contributed by atoms with Gasteiger partial charge in [-0.05, 0) is 42.8 Å². The Morgan fingerprint density at radius 2 is 1.83 bits per heavy atom. The van der Waals surface area contributed by atoms with E-state index >= 15 is 0 Å². The minimum atomic E-state index is -3.61. The first-order valence-corrected chi connectivity index (χ1v) is 10.3. The SMILES string of the molecule is Cc1ccc(S(=O)(=O)N(C)C)cc1NC(=O)c1occc1COc1ccccc1. The summed E-state index contributed by atoms with van der Waals surface area (Å²) in [6.45, 7) is 1.94. The molecule has 8 heteroatoms. The Bertz CT molecular complexity index is 1110. The Balaban J connectivity index is 1.79. The maximum Gasteiger partial charge on any atom is 0.291 e. The molecule has 7 nitrogen and oxygen atoms in total. The summed E-state index contributed by atoms with van der Waals surface area (Å²) in [4.78, 5) is 12.8. The first-order valence-electron chi connectivity index (χ1n) is 8.88. The van der Waals surface area contributed by atoms with E-state index < -0.39 is 15.9 Å². The number of ether oxygens (including phenoxy) is 1. The van der Waals surface area contributed by atoms with E-state index in [0.717, 1.165) is 9.87 Å². The molecule has 1 amide bonds. The van der Waals surface area contributed by atoms with Crippen LogP contribution in [0, 0.1) is 6.92 Å². The zero-order chi connectivity index (χ0) is 21.0. The maximum atomic E-state index is 12.7. The van der Waals surface area contributed by atoms with Crippen LogP contribution in [0.1, 0.15) is 21.7 Å². The lowest BCUT2D eigenvalue weighted by Crippen LogP contribution is -2.22. The number of nitrogens with zero attached hydrogens (tertiary/aromatic N) is 1. The van der Waals surface area contributed by atoms with Gasteiger partial charge in [-0.15, -0.1) is 0 Å². The fraction of sp³-hybridized carbons (Fsp3) is 0.190. The number of sulfonamides is 1. The van der Waals surface area contributed by atoms with Gasteiger partial charge in [-0.3, -0.25) is 4.79 Å². The molecule has 3 rings (SSSR count). The highest BCUT2D eigenvalue weighted by Crippen LogP contribution is 2.23. The van der Waals surface area contributed by atoms with Gasteiger partial charge in [0.05, 0.1) is 11.2 Å². The van der Waals surface area contributed by atoms with Crippen molar-refractivity contribution in [1.82, 2.24) is 4.31 Å². The second-order valence-electron chi connectivity index (χ2n) is 6.59. The molecule has 2 aromatic carbocycles. The Morgan fingerprint density at radius 1 is 1.10 bits per heavy atom. The number of para-hydroxylation sites is 1. The van der Waals surface area contributed by atoms with Crippen molar-refractivity contribution in [3.05, 3.63) is 77.7 Å². The molecule has 1 N–H and O–H groups in total. The molecule has 0 saturated carbocycles. The number of hydrogen-bond donors (Lipinski definition) is 1. The van der Waals surface area contributed by atoms with Crippen LogP contribution in [-0.2, 0) is 16.6 Å². The predicted octanol–water partition coefficient (Wildman–Crippen LogP) is 3.67. The van der Waals surface area contributed by atoms with Crippen LogP contribution in [0.3, 0.4) is 0 Å². The molecule has 0 unspecified atom stereocenters. The van der Waals surface area contributed by atoms with E-state index in [-0.39, 0.29) is 17.3 Å². The summed E-state index contributed by atoms with van der Waals surface area (Å²) in [5.41, 5.74) is 1.70. The molecule has 0 bridgehead atoms. The summed E-state index contributed by atoms with van der Waals surface area (Å²) in [6, 6.07) is 15.5. The number of nitrogens with one attached hydrogen (secondary N) is 1. The number of anilines is 1. The molecule has 3 aromatic rings. The molecule has 152 valence electrons. The molecule has 0 atom stereocenters. The van der Waals surface area contributed by atoms with Crippen molar-refractivity contribution in [3.63, 3.8) is 0 Å². The van der Waals surface area contributed by atoms with Crippen LogP contribution in [0.5, 0.6) is 5.75 Å². The third-order valence-corrected chi connectivity index (χ3v) is 6.14. The van der Waals surface area contributed by atoms with Gasteiger partial charge in [0.15, 0.2) is 5.76 Å². The smallest absolute Gasteiger partial charge is 0.291 e. The van der Waals surface area contributed by atoms with Crippen molar-refractivity contribution in [2.24, 2.45) is 0 Å². The third-order valence-electron chi connectivity index (χ3n) is 4.33. The first kappa shape index (κ1) is 20.6. The molecule has 0 aliphatic carbocycles. The van der Waals surface area contributed by atoms with E-state index in [9.17, 15) is 13.2 Å². The van der Waals surface area contributed by atoms with Crippen molar-refractivity contribution in [2.75, 3.05) is 19.4 Å². The van der Waals surface area contributed by atoms with Crippen LogP contribution in [-0.4, -0.2) is 32.7 Å². The zero-order valence-electron chi connectivity index (χ0n) is 16.4. The summed E-state index contributed by atoms with van der Waals surface area (Å²) >= 11 is 0. The van der Waals surface area contributed by atoms with Gasteiger partial charge in [0.2, 0.25) is 10.0 Å². The highest BCUT2D eigenvalue weighted by molar-refractivity contribution is 7.89. The lowest BCUT2D eigenvalue weighted by atomic mass is 10.2. The largest absolute Gasteiger partial charge is 0.489 e. The van der Waals surface area contributed by atoms with E-state index in [2.05, 4.69) is 5.32 Å². The summed E-state index contributed by atoms with van der Waals surface area (Å²) < 4.78 is 36.9. The zero-order valence-corrected chi connectivity index (χ0v) is 17.2. The Labute approximate surface area is 170 Å². The van der Waals surface area contributed by atoms with E-state index in [1.807, 2.05) is 30.3 Å². The van der Waals surface area contributed by atoms with Crippen molar-refractivity contribution in [1.29, 1.82) is 0 Å². The highest BCUT2D eigenvalue weighted by atomic mass is 32.2. The third kappa shape index (κ3) is 4.67. The Hall–Kier alpha value is -3.10. The molecule has 0 radical (unpaired) electrons. The predicted molar refractivity (Wildman–Crippen MR) is 109 cm³/mol. The number of aryl methyl sites for hydroxylation is 1. The number of furan rings is 1. The second kappa shape index (κ2) is 8.50. The maximum absolute atomic E-state index is 12.7. The summed E-state index contributed by atoms with van der Waals surface area (Å²) in [6.07, 6.45) is 1.42. The number of carbonyl (C=O) groups excluding carboxylic acids is 1. The van der Waals surface area contributed by atoms with E-state index in [1.54, 1.807) is 19.1 Å². The van der Waals surface area contributed by atoms with Gasteiger partial charge in [0, 0.05) is 25.3 Å². The lowest BCUT2D eigenvalue weighted by molar-refractivity contribution is 0.0993. The topological polar surface area (TPSA) is 88.9 Å². The van der Waals surface area contributed by atoms with Gasteiger partial charge in [-0.2, -0.15) is 0 Å². The average Bonchev–Trinajstić information content (AvgIpc) is 3.17. The summed E-state index contributed by atoms with van der Waals surface area (Å²) in [5.74, 6) is 0.308. The second-order valence-corrected chi connectivity index (χ2v) is 8.75. The summed E-state index contributed by atoms with van der Waals surface area (Å²) in [7, 11) is -0.707. The number of hydrogen-bond acceptors (Lipinski definition) is 5. The molecule has 0 aliphatic heterocycles. The number of amides is 1. The molecular formula is C21H22N2O5S.